The fourth-order valence-corrected chi connectivity index (χ4v) is 3.45. The fraction of sp³-hybridized carbons (Fsp3) is 0.115. The second kappa shape index (κ2) is 7.59. The first kappa shape index (κ1) is 17.2. The highest BCUT2D eigenvalue weighted by molar-refractivity contribution is 6.15. The molecule has 3 aromatic carbocycles. The van der Waals surface area contributed by atoms with Crippen LogP contribution in [0.5, 0.6) is 0 Å². The summed E-state index contributed by atoms with van der Waals surface area (Å²) in [4.78, 5) is 12.7. The van der Waals surface area contributed by atoms with Crippen LogP contribution in [0.1, 0.15) is 29.5 Å². The van der Waals surface area contributed by atoms with E-state index in [9.17, 15) is 4.79 Å². The molecule has 1 fully saturated rings. The van der Waals surface area contributed by atoms with E-state index < -0.39 is 0 Å². The van der Waals surface area contributed by atoms with Crippen molar-refractivity contribution in [3.8, 4) is 11.1 Å². The van der Waals surface area contributed by atoms with E-state index >= 15 is 0 Å². The van der Waals surface area contributed by atoms with E-state index in [-0.39, 0.29) is 5.78 Å². The molecule has 0 radical (unpaired) electrons. The lowest BCUT2D eigenvalue weighted by atomic mass is 10.0. The van der Waals surface area contributed by atoms with Gasteiger partial charge in [-0.15, -0.1) is 0 Å². The Bertz CT molecular complexity index is 1000. The number of aryl methyl sites for hydroxylation is 1. The van der Waals surface area contributed by atoms with Crippen LogP contribution in [-0.2, 0) is 4.79 Å². The van der Waals surface area contributed by atoms with Gasteiger partial charge in [-0.1, -0.05) is 84.4 Å². The zero-order chi connectivity index (χ0) is 18.6. The molecule has 1 heteroatoms. The first-order valence-electron chi connectivity index (χ1n) is 9.37. The maximum atomic E-state index is 12.7. The number of carbonyl (C=O) groups is 1. The van der Waals surface area contributed by atoms with Gasteiger partial charge in [-0.05, 0) is 54.2 Å². The van der Waals surface area contributed by atoms with Crippen LogP contribution in [0.2, 0.25) is 0 Å². The summed E-state index contributed by atoms with van der Waals surface area (Å²) in [5, 5.41) is 0. The van der Waals surface area contributed by atoms with Gasteiger partial charge in [0, 0.05) is 11.1 Å². The lowest BCUT2D eigenvalue weighted by Gasteiger charge is -2.02. The van der Waals surface area contributed by atoms with Gasteiger partial charge in [-0.3, -0.25) is 4.79 Å². The maximum Gasteiger partial charge on any atom is 0.185 e. The number of rotatable bonds is 3. The Morgan fingerprint density at radius 3 is 1.67 bits per heavy atom. The molecule has 0 amide bonds. The predicted molar refractivity (Wildman–Crippen MR) is 113 cm³/mol. The number of benzene rings is 3. The van der Waals surface area contributed by atoms with Gasteiger partial charge in [0.05, 0.1) is 0 Å². The van der Waals surface area contributed by atoms with Crippen molar-refractivity contribution >= 4 is 17.9 Å². The molecule has 0 atom stereocenters. The van der Waals surface area contributed by atoms with Crippen molar-refractivity contribution < 1.29 is 4.79 Å². The average Bonchev–Trinajstić information content (AvgIpc) is 3.04. The van der Waals surface area contributed by atoms with Crippen LogP contribution < -0.4 is 0 Å². The van der Waals surface area contributed by atoms with Crippen molar-refractivity contribution in [3.05, 3.63) is 107 Å². The van der Waals surface area contributed by atoms with Crippen LogP contribution in [-0.4, -0.2) is 5.78 Å². The van der Waals surface area contributed by atoms with Gasteiger partial charge < -0.3 is 0 Å². The van der Waals surface area contributed by atoms with Crippen LogP contribution in [0.4, 0.5) is 0 Å². The number of hydrogen-bond donors (Lipinski definition) is 0. The summed E-state index contributed by atoms with van der Waals surface area (Å²) >= 11 is 0. The van der Waals surface area contributed by atoms with Gasteiger partial charge in [0.15, 0.2) is 5.78 Å². The molecule has 4 rings (SSSR count). The number of allylic oxidation sites excluding steroid dienone is 2. The quantitative estimate of drug-likeness (QED) is 0.493. The van der Waals surface area contributed by atoms with Crippen molar-refractivity contribution in [2.24, 2.45) is 0 Å². The molecular formula is C26H22O. The molecule has 132 valence electrons. The Morgan fingerprint density at radius 2 is 1.11 bits per heavy atom. The SMILES string of the molecule is Cc1ccc(/C=C2/CC/C(=C/c3ccc(-c4ccccc4)cc3)C2=O)cc1. The summed E-state index contributed by atoms with van der Waals surface area (Å²) in [5.74, 6) is 0.183. The molecule has 27 heavy (non-hydrogen) atoms. The van der Waals surface area contributed by atoms with Crippen molar-refractivity contribution in [2.45, 2.75) is 19.8 Å². The van der Waals surface area contributed by atoms with E-state index in [1.54, 1.807) is 0 Å². The highest BCUT2D eigenvalue weighted by atomic mass is 16.1. The molecule has 1 aliphatic rings. The van der Waals surface area contributed by atoms with Crippen LogP contribution in [0, 0.1) is 6.92 Å². The minimum atomic E-state index is 0.183. The van der Waals surface area contributed by atoms with Crippen LogP contribution >= 0.6 is 0 Å². The summed E-state index contributed by atoms with van der Waals surface area (Å²) in [6.07, 6.45) is 5.70. The smallest absolute Gasteiger partial charge is 0.185 e. The van der Waals surface area contributed by atoms with Crippen molar-refractivity contribution in [3.63, 3.8) is 0 Å². The van der Waals surface area contributed by atoms with Gasteiger partial charge in [0.25, 0.3) is 0 Å². The Morgan fingerprint density at radius 1 is 0.630 bits per heavy atom. The molecule has 3 aromatic rings. The van der Waals surface area contributed by atoms with Crippen LogP contribution in [0.25, 0.3) is 23.3 Å². The van der Waals surface area contributed by atoms with Gasteiger partial charge >= 0.3 is 0 Å². The third-order valence-corrected chi connectivity index (χ3v) is 5.02. The standard InChI is InChI=1S/C26H22O/c1-19-7-9-20(10-8-19)17-24-15-16-25(26(24)27)18-21-11-13-23(14-12-21)22-5-3-2-4-6-22/h2-14,17-18H,15-16H2,1H3/b24-17-,25-18-. The largest absolute Gasteiger partial charge is 0.289 e. The topological polar surface area (TPSA) is 17.1 Å². The van der Waals surface area contributed by atoms with E-state index in [1.165, 1.54) is 16.7 Å². The summed E-state index contributed by atoms with van der Waals surface area (Å²) in [7, 11) is 0. The number of hydrogen-bond acceptors (Lipinski definition) is 1. The molecular weight excluding hydrogens is 328 g/mol. The van der Waals surface area contributed by atoms with Crippen molar-refractivity contribution in [2.75, 3.05) is 0 Å². The first-order chi connectivity index (χ1) is 13.2. The van der Waals surface area contributed by atoms with Gasteiger partial charge in [-0.25, -0.2) is 0 Å². The van der Waals surface area contributed by atoms with Gasteiger partial charge in [-0.2, -0.15) is 0 Å². The van der Waals surface area contributed by atoms with Gasteiger partial charge in [0.2, 0.25) is 0 Å². The van der Waals surface area contributed by atoms with Crippen molar-refractivity contribution in [1.29, 1.82) is 0 Å². The molecule has 1 saturated carbocycles. The van der Waals surface area contributed by atoms with Crippen LogP contribution in [0.15, 0.2) is 90.0 Å². The summed E-state index contributed by atoms with van der Waals surface area (Å²) in [5.41, 5.74) is 7.61. The molecule has 0 saturated heterocycles. The van der Waals surface area contributed by atoms with Crippen molar-refractivity contribution in [1.82, 2.24) is 0 Å². The predicted octanol–water partition coefficient (Wildman–Crippen LogP) is 6.49. The monoisotopic (exact) mass is 350 g/mol. The highest BCUT2D eigenvalue weighted by Gasteiger charge is 2.22. The molecule has 0 spiro atoms. The molecule has 0 heterocycles. The number of ketones is 1. The zero-order valence-electron chi connectivity index (χ0n) is 15.5. The van der Waals surface area contributed by atoms with Gasteiger partial charge in [0.1, 0.15) is 0 Å². The average molecular weight is 350 g/mol. The fourth-order valence-electron chi connectivity index (χ4n) is 3.45. The summed E-state index contributed by atoms with van der Waals surface area (Å²) < 4.78 is 0. The second-order valence-electron chi connectivity index (χ2n) is 7.07. The zero-order valence-corrected chi connectivity index (χ0v) is 15.5. The van der Waals surface area contributed by atoms with E-state index in [1.807, 2.05) is 30.4 Å². The van der Waals surface area contributed by atoms with E-state index in [0.29, 0.717) is 0 Å². The van der Waals surface area contributed by atoms with Crippen LogP contribution in [0.3, 0.4) is 0 Å². The lowest BCUT2D eigenvalue weighted by molar-refractivity contribution is -0.111. The number of Topliss-reactive ketones (excluding diaryl/α,β-unsaturated/α-hetero) is 1. The van der Waals surface area contributed by atoms with E-state index in [2.05, 4.69) is 67.6 Å². The summed E-state index contributed by atoms with van der Waals surface area (Å²) in [6, 6.07) is 27.0. The second-order valence-corrected chi connectivity index (χ2v) is 7.07. The Labute approximate surface area is 160 Å². The number of carbonyl (C=O) groups excluding carboxylic acids is 1. The molecule has 1 aliphatic carbocycles. The Balaban J connectivity index is 1.53. The Hall–Kier alpha value is -3.19. The third-order valence-electron chi connectivity index (χ3n) is 5.02. The summed E-state index contributed by atoms with van der Waals surface area (Å²) in [6.45, 7) is 2.07. The minimum absolute atomic E-state index is 0.183. The van der Waals surface area contributed by atoms with E-state index in [0.717, 1.165) is 35.1 Å². The highest BCUT2D eigenvalue weighted by Crippen LogP contribution is 2.30. The Kier molecular flexibility index (Phi) is 4.84. The maximum absolute atomic E-state index is 12.7. The normalized spacial score (nSPS) is 17.0. The first-order valence-corrected chi connectivity index (χ1v) is 9.37. The minimum Gasteiger partial charge on any atom is -0.289 e. The van der Waals surface area contributed by atoms with E-state index in [4.69, 9.17) is 0 Å². The molecule has 0 aliphatic heterocycles. The molecule has 0 N–H and O–H groups in total. The molecule has 0 aromatic heterocycles. The third kappa shape index (κ3) is 3.98. The lowest BCUT2D eigenvalue weighted by Crippen LogP contribution is -1.95. The molecule has 0 bridgehead atoms. The molecule has 1 nitrogen and oxygen atoms in total. The molecule has 0 unspecified atom stereocenters.